The zero-order valence-corrected chi connectivity index (χ0v) is 16.5. The minimum atomic E-state index is 0.0226. The number of hydrogen-bond donors (Lipinski definition) is 2. The van der Waals surface area contributed by atoms with E-state index in [1.54, 1.807) is 6.92 Å². The maximum atomic E-state index is 11.9. The molecule has 1 atom stereocenters. The summed E-state index contributed by atoms with van der Waals surface area (Å²) in [5, 5.41) is 5.91. The maximum Gasteiger partial charge on any atom is 0.226 e. The van der Waals surface area contributed by atoms with Gasteiger partial charge in [-0.15, -0.1) is 0 Å². The summed E-state index contributed by atoms with van der Waals surface area (Å²) in [6.45, 7) is 5.13. The molecule has 1 aliphatic rings. The Hall–Kier alpha value is -2.31. The molecule has 1 amide bonds. The van der Waals surface area contributed by atoms with Crippen LogP contribution in [-0.4, -0.2) is 40.7 Å². The van der Waals surface area contributed by atoms with E-state index in [2.05, 4.69) is 25.6 Å². The highest BCUT2D eigenvalue weighted by molar-refractivity contribution is 5.97. The number of nitrogens with zero attached hydrogens (tertiary/aromatic N) is 3. The lowest BCUT2D eigenvalue weighted by Gasteiger charge is -2.16. The van der Waals surface area contributed by atoms with Crippen molar-refractivity contribution in [2.45, 2.75) is 71.1 Å². The van der Waals surface area contributed by atoms with Crippen molar-refractivity contribution in [1.29, 1.82) is 0 Å². The summed E-state index contributed by atoms with van der Waals surface area (Å²) in [4.78, 5) is 36.2. The number of Topliss-reactive ketones (excluding diaryl/α,β-unsaturated/α-hetero) is 1. The normalized spacial score (nSPS) is 14.8. The topological polar surface area (TPSA) is 96.3 Å². The third-order valence-electron chi connectivity index (χ3n) is 4.67. The lowest BCUT2D eigenvalue weighted by atomic mass is 9.90. The highest BCUT2D eigenvalue weighted by Crippen LogP contribution is 2.25. The Labute approximate surface area is 161 Å². The molecule has 27 heavy (non-hydrogen) atoms. The summed E-state index contributed by atoms with van der Waals surface area (Å²) >= 11 is 0. The van der Waals surface area contributed by atoms with Gasteiger partial charge in [0.1, 0.15) is 11.6 Å². The monoisotopic (exact) mass is 373 g/mol. The Morgan fingerprint density at radius 3 is 2.59 bits per heavy atom. The van der Waals surface area contributed by atoms with Gasteiger partial charge < -0.3 is 10.1 Å². The number of carbonyl (C=O) groups excluding carboxylic acids is 2. The Morgan fingerprint density at radius 1 is 1.19 bits per heavy atom. The first-order valence-electron chi connectivity index (χ1n) is 9.90. The second-order valence-corrected chi connectivity index (χ2v) is 7.18. The van der Waals surface area contributed by atoms with Gasteiger partial charge in [-0.2, -0.15) is 0 Å². The van der Waals surface area contributed by atoms with E-state index in [1.807, 2.05) is 19.3 Å². The van der Waals surface area contributed by atoms with Crippen molar-refractivity contribution >= 4 is 17.6 Å². The first kappa shape index (κ1) is 21.0. The van der Waals surface area contributed by atoms with Crippen molar-refractivity contribution in [2.24, 2.45) is 4.99 Å². The molecule has 1 aromatic rings. The number of aromatic nitrogens is 2. The third kappa shape index (κ3) is 8.28. The van der Waals surface area contributed by atoms with Gasteiger partial charge in [0.05, 0.1) is 0 Å². The van der Waals surface area contributed by atoms with Crippen molar-refractivity contribution in [3.8, 4) is 0 Å². The number of aryl methyl sites for hydroxylation is 1. The Balaban J connectivity index is 1.64. The van der Waals surface area contributed by atoms with Crippen molar-refractivity contribution < 1.29 is 9.59 Å². The van der Waals surface area contributed by atoms with Crippen LogP contribution in [0.5, 0.6) is 0 Å². The van der Waals surface area contributed by atoms with Gasteiger partial charge in [-0.05, 0) is 44.6 Å². The number of ketones is 1. The molecule has 0 aromatic carbocycles. The smallest absolute Gasteiger partial charge is 0.226 e. The van der Waals surface area contributed by atoms with Crippen LogP contribution in [-0.2, 0) is 9.59 Å². The number of carbonyl (C=O) groups is 2. The second-order valence-electron chi connectivity index (χ2n) is 7.18. The van der Waals surface area contributed by atoms with Crippen LogP contribution in [0.15, 0.2) is 17.4 Å². The molecule has 0 spiro atoms. The molecule has 148 valence electrons. The predicted octanol–water partition coefficient (Wildman–Crippen LogP) is 2.65. The average molecular weight is 374 g/mol. The molecule has 2 N–H and O–H groups in total. The Bertz CT molecular complexity index is 642. The van der Waals surface area contributed by atoms with Crippen molar-refractivity contribution in [2.75, 3.05) is 13.1 Å². The van der Waals surface area contributed by atoms with Gasteiger partial charge in [0.2, 0.25) is 5.91 Å². The number of unbranched alkanes of at least 4 members (excludes halogenated alkanes) is 3. The van der Waals surface area contributed by atoms with E-state index >= 15 is 0 Å². The van der Waals surface area contributed by atoms with Crippen LogP contribution in [0, 0.1) is 6.92 Å². The number of rotatable bonds is 10. The van der Waals surface area contributed by atoms with Crippen LogP contribution < -0.4 is 10.6 Å². The fourth-order valence-electron chi connectivity index (χ4n) is 3.19. The molecular formula is C20H31N5O2. The summed E-state index contributed by atoms with van der Waals surface area (Å²) in [5.41, 5.74) is 1.04. The Kier molecular flexibility index (Phi) is 8.87. The van der Waals surface area contributed by atoms with Gasteiger partial charge in [-0.25, -0.2) is 9.97 Å². The van der Waals surface area contributed by atoms with E-state index in [-0.39, 0.29) is 17.6 Å². The van der Waals surface area contributed by atoms with Gasteiger partial charge >= 0.3 is 0 Å². The standard InChI is InChI=1S/C20H31N5O2/c1-15(26)12-17(18-13-23-16(2)24-14-18)8-5-3-4-6-9-19(27)25-20-21-10-7-11-22-20/h13-14,17H,3-12H2,1-2H3,(H2,21,22,25,27)/t17-/m0/s1. The number of amides is 1. The summed E-state index contributed by atoms with van der Waals surface area (Å²) in [5.74, 6) is 1.75. The fourth-order valence-corrected chi connectivity index (χ4v) is 3.19. The summed E-state index contributed by atoms with van der Waals surface area (Å²) in [6, 6.07) is 0. The van der Waals surface area contributed by atoms with E-state index < -0.39 is 0 Å². The third-order valence-corrected chi connectivity index (χ3v) is 4.67. The fraction of sp³-hybridized carbons (Fsp3) is 0.650. The number of nitrogens with one attached hydrogen (secondary N) is 2. The molecule has 0 radical (unpaired) electrons. The summed E-state index contributed by atoms with van der Waals surface area (Å²) in [7, 11) is 0. The zero-order chi connectivity index (χ0) is 19.5. The molecule has 7 nitrogen and oxygen atoms in total. The van der Waals surface area contributed by atoms with Gasteiger partial charge in [0, 0.05) is 38.3 Å². The van der Waals surface area contributed by atoms with Crippen LogP contribution in [0.2, 0.25) is 0 Å². The second kappa shape index (κ2) is 11.4. The molecule has 7 heteroatoms. The largest absolute Gasteiger partial charge is 0.356 e. The molecule has 0 fully saturated rings. The Morgan fingerprint density at radius 2 is 1.93 bits per heavy atom. The van der Waals surface area contributed by atoms with Crippen LogP contribution in [0.4, 0.5) is 0 Å². The van der Waals surface area contributed by atoms with Crippen molar-refractivity contribution in [3.05, 3.63) is 23.8 Å². The quantitative estimate of drug-likeness (QED) is 0.615. The molecule has 0 unspecified atom stereocenters. The lowest BCUT2D eigenvalue weighted by Crippen LogP contribution is -2.43. The van der Waals surface area contributed by atoms with E-state index in [4.69, 9.17) is 0 Å². The minimum Gasteiger partial charge on any atom is -0.356 e. The van der Waals surface area contributed by atoms with Crippen LogP contribution in [0.3, 0.4) is 0 Å². The molecule has 0 bridgehead atoms. The lowest BCUT2D eigenvalue weighted by molar-refractivity contribution is -0.120. The van der Waals surface area contributed by atoms with Gasteiger partial charge in [0.15, 0.2) is 5.96 Å². The molecule has 1 aromatic heterocycles. The molecule has 2 heterocycles. The van der Waals surface area contributed by atoms with Crippen LogP contribution in [0.25, 0.3) is 0 Å². The zero-order valence-electron chi connectivity index (χ0n) is 16.5. The van der Waals surface area contributed by atoms with Gasteiger partial charge in [0.25, 0.3) is 0 Å². The molecular weight excluding hydrogens is 342 g/mol. The van der Waals surface area contributed by atoms with E-state index in [0.29, 0.717) is 18.8 Å². The number of aliphatic imine (C=N–C) groups is 1. The molecule has 2 rings (SSSR count). The van der Waals surface area contributed by atoms with Gasteiger partial charge in [-0.3, -0.25) is 15.1 Å². The summed E-state index contributed by atoms with van der Waals surface area (Å²) in [6.07, 6.45) is 10.6. The first-order valence-corrected chi connectivity index (χ1v) is 9.90. The SMILES string of the molecule is CC(=O)C[C@H](CCCCCCC(=O)NC1=NCCCN1)c1cnc(C)nc1. The van der Waals surface area contributed by atoms with Crippen LogP contribution in [0.1, 0.15) is 75.6 Å². The van der Waals surface area contributed by atoms with Crippen molar-refractivity contribution in [1.82, 2.24) is 20.6 Å². The van der Waals surface area contributed by atoms with Gasteiger partial charge in [-0.1, -0.05) is 19.3 Å². The highest BCUT2D eigenvalue weighted by Gasteiger charge is 2.15. The maximum absolute atomic E-state index is 11.9. The van der Waals surface area contributed by atoms with E-state index in [1.165, 1.54) is 0 Å². The average Bonchev–Trinajstić information content (AvgIpc) is 2.64. The van der Waals surface area contributed by atoms with Crippen molar-refractivity contribution in [3.63, 3.8) is 0 Å². The number of hydrogen-bond acceptors (Lipinski definition) is 6. The molecule has 1 aliphatic heterocycles. The first-order chi connectivity index (χ1) is 13.0. The van der Waals surface area contributed by atoms with E-state index in [9.17, 15) is 9.59 Å². The molecule has 0 aliphatic carbocycles. The van der Waals surface area contributed by atoms with E-state index in [0.717, 1.165) is 63.0 Å². The highest BCUT2D eigenvalue weighted by atomic mass is 16.1. The minimum absolute atomic E-state index is 0.0226. The molecule has 0 saturated carbocycles. The predicted molar refractivity (Wildman–Crippen MR) is 106 cm³/mol. The summed E-state index contributed by atoms with van der Waals surface area (Å²) < 4.78 is 0. The number of guanidine groups is 1. The van der Waals surface area contributed by atoms with Crippen LogP contribution >= 0.6 is 0 Å². The molecule has 0 saturated heterocycles.